The summed E-state index contributed by atoms with van der Waals surface area (Å²) in [5.41, 5.74) is 6.33. The smallest absolute Gasteiger partial charge is 0.146 e. The minimum atomic E-state index is 0.329. The normalized spacial score (nSPS) is 10.0. The van der Waals surface area contributed by atoms with Gasteiger partial charge in [0.1, 0.15) is 23.1 Å². The number of para-hydroxylation sites is 1. The predicted molar refractivity (Wildman–Crippen MR) is 65.4 cm³/mol. The SMILES string of the molecule is NC(=S)c1ccccc1OCc1ccco1. The van der Waals surface area contributed by atoms with Crippen LogP contribution >= 0.6 is 12.2 Å². The van der Waals surface area contributed by atoms with E-state index in [1.807, 2.05) is 36.4 Å². The molecule has 0 spiro atoms. The van der Waals surface area contributed by atoms with Gasteiger partial charge in [-0.25, -0.2) is 0 Å². The molecule has 1 heterocycles. The van der Waals surface area contributed by atoms with E-state index in [1.165, 1.54) is 0 Å². The molecule has 16 heavy (non-hydrogen) atoms. The van der Waals surface area contributed by atoms with Crippen molar-refractivity contribution >= 4 is 17.2 Å². The molecular weight excluding hydrogens is 222 g/mol. The Morgan fingerprint density at radius 3 is 2.75 bits per heavy atom. The molecule has 0 saturated carbocycles. The van der Waals surface area contributed by atoms with Crippen LogP contribution in [0.2, 0.25) is 0 Å². The first kappa shape index (κ1) is 10.7. The van der Waals surface area contributed by atoms with Gasteiger partial charge in [-0.3, -0.25) is 0 Å². The van der Waals surface area contributed by atoms with Gasteiger partial charge in [0.15, 0.2) is 0 Å². The molecule has 3 nitrogen and oxygen atoms in total. The van der Waals surface area contributed by atoms with Crippen molar-refractivity contribution in [1.82, 2.24) is 0 Å². The van der Waals surface area contributed by atoms with E-state index in [0.29, 0.717) is 17.3 Å². The summed E-state index contributed by atoms with van der Waals surface area (Å²) in [6.45, 7) is 0.368. The molecule has 0 aliphatic rings. The molecule has 4 heteroatoms. The van der Waals surface area contributed by atoms with Crippen molar-refractivity contribution in [3.05, 3.63) is 54.0 Å². The summed E-state index contributed by atoms with van der Waals surface area (Å²) in [7, 11) is 0. The predicted octanol–water partition coefficient (Wildman–Crippen LogP) is 2.49. The molecule has 0 bridgehead atoms. The molecule has 0 atom stereocenters. The third kappa shape index (κ3) is 2.41. The van der Waals surface area contributed by atoms with E-state index in [-0.39, 0.29) is 0 Å². The van der Waals surface area contributed by atoms with Crippen LogP contribution < -0.4 is 10.5 Å². The first-order valence-corrected chi connectivity index (χ1v) is 5.22. The highest BCUT2D eigenvalue weighted by molar-refractivity contribution is 7.80. The van der Waals surface area contributed by atoms with E-state index in [2.05, 4.69) is 0 Å². The van der Waals surface area contributed by atoms with Crippen LogP contribution in [0.25, 0.3) is 0 Å². The molecular formula is C12H11NO2S. The molecule has 0 aliphatic carbocycles. The van der Waals surface area contributed by atoms with Crippen molar-refractivity contribution < 1.29 is 9.15 Å². The lowest BCUT2D eigenvalue weighted by Gasteiger charge is -2.08. The van der Waals surface area contributed by atoms with Crippen molar-refractivity contribution in [2.45, 2.75) is 6.61 Å². The lowest BCUT2D eigenvalue weighted by molar-refractivity contribution is 0.270. The van der Waals surface area contributed by atoms with E-state index >= 15 is 0 Å². The minimum Gasteiger partial charge on any atom is -0.485 e. The summed E-state index contributed by atoms with van der Waals surface area (Å²) in [6.07, 6.45) is 1.61. The fourth-order valence-corrected chi connectivity index (χ4v) is 1.51. The first-order valence-electron chi connectivity index (χ1n) is 4.81. The highest BCUT2D eigenvalue weighted by Crippen LogP contribution is 2.19. The van der Waals surface area contributed by atoms with Crippen LogP contribution in [0.15, 0.2) is 47.1 Å². The Labute approximate surface area is 98.8 Å². The van der Waals surface area contributed by atoms with Gasteiger partial charge >= 0.3 is 0 Å². The second-order valence-electron chi connectivity index (χ2n) is 3.23. The van der Waals surface area contributed by atoms with Crippen LogP contribution in [0.4, 0.5) is 0 Å². The van der Waals surface area contributed by atoms with Gasteiger partial charge in [0, 0.05) is 0 Å². The number of thiocarbonyl (C=S) groups is 1. The average molecular weight is 233 g/mol. The van der Waals surface area contributed by atoms with Crippen LogP contribution in [0.3, 0.4) is 0 Å². The summed E-state index contributed by atoms with van der Waals surface area (Å²) in [6, 6.07) is 11.1. The molecule has 1 aromatic carbocycles. The zero-order chi connectivity index (χ0) is 11.4. The summed E-state index contributed by atoms with van der Waals surface area (Å²) >= 11 is 4.94. The number of furan rings is 1. The molecule has 0 aliphatic heterocycles. The lowest BCUT2D eigenvalue weighted by Crippen LogP contribution is -2.11. The number of rotatable bonds is 4. The van der Waals surface area contributed by atoms with E-state index in [1.54, 1.807) is 6.26 Å². The summed E-state index contributed by atoms with van der Waals surface area (Å²) in [5, 5.41) is 0. The fourth-order valence-electron chi connectivity index (χ4n) is 1.34. The second-order valence-corrected chi connectivity index (χ2v) is 3.67. The quantitative estimate of drug-likeness (QED) is 0.824. The van der Waals surface area contributed by atoms with Crippen LogP contribution in [0, 0.1) is 0 Å². The van der Waals surface area contributed by atoms with Crippen LogP contribution in [-0.4, -0.2) is 4.99 Å². The highest BCUT2D eigenvalue weighted by Gasteiger charge is 2.05. The molecule has 2 rings (SSSR count). The minimum absolute atomic E-state index is 0.329. The average Bonchev–Trinajstić information content (AvgIpc) is 2.79. The topological polar surface area (TPSA) is 48.4 Å². The molecule has 2 aromatic rings. The Hall–Kier alpha value is -1.81. The summed E-state index contributed by atoms with van der Waals surface area (Å²) in [4.78, 5) is 0.329. The Morgan fingerprint density at radius 1 is 1.25 bits per heavy atom. The number of hydrogen-bond donors (Lipinski definition) is 1. The maximum atomic E-state index is 5.59. The van der Waals surface area contributed by atoms with Gasteiger partial charge in [-0.1, -0.05) is 24.4 Å². The van der Waals surface area contributed by atoms with E-state index in [4.69, 9.17) is 27.1 Å². The second kappa shape index (κ2) is 4.81. The maximum absolute atomic E-state index is 5.59. The molecule has 0 amide bonds. The van der Waals surface area contributed by atoms with Crippen LogP contribution in [0.1, 0.15) is 11.3 Å². The highest BCUT2D eigenvalue weighted by atomic mass is 32.1. The van der Waals surface area contributed by atoms with Crippen molar-refractivity contribution in [2.24, 2.45) is 5.73 Å². The van der Waals surface area contributed by atoms with E-state index < -0.39 is 0 Å². The van der Waals surface area contributed by atoms with Crippen molar-refractivity contribution in [1.29, 1.82) is 0 Å². The van der Waals surface area contributed by atoms with E-state index in [9.17, 15) is 0 Å². The number of benzene rings is 1. The van der Waals surface area contributed by atoms with Gasteiger partial charge in [0.05, 0.1) is 11.8 Å². The molecule has 82 valence electrons. The largest absolute Gasteiger partial charge is 0.485 e. The van der Waals surface area contributed by atoms with Crippen LogP contribution in [-0.2, 0) is 6.61 Å². The Kier molecular flexibility index (Phi) is 3.22. The molecule has 0 unspecified atom stereocenters. The molecule has 0 fully saturated rings. The monoisotopic (exact) mass is 233 g/mol. The lowest BCUT2D eigenvalue weighted by atomic mass is 10.2. The third-order valence-electron chi connectivity index (χ3n) is 2.10. The molecule has 2 N–H and O–H groups in total. The third-order valence-corrected chi connectivity index (χ3v) is 2.32. The fraction of sp³-hybridized carbons (Fsp3) is 0.0833. The first-order chi connectivity index (χ1) is 7.77. The van der Waals surface area contributed by atoms with Gasteiger partial charge < -0.3 is 14.9 Å². The van der Waals surface area contributed by atoms with Crippen molar-refractivity contribution in [3.63, 3.8) is 0 Å². The van der Waals surface area contributed by atoms with Crippen molar-refractivity contribution in [2.75, 3.05) is 0 Å². The number of ether oxygens (including phenoxy) is 1. The van der Waals surface area contributed by atoms with Gasteiger partial charge in [0.25, 0.3) is 0 Å². The number of hydrogen-bond acceptors (Lipinski definition) is 3. The summed E-state index contributed by atoms with van der Waals surface area (Å²) in [5.74, 6) is 1.43. The maximum Gasteiger partial charge on any atom is 0.146 e. The molecule has 0 saturated heterocycles. The van der Waals surface area contributed by atoms with Crippen LogP contribution in [0.5, 0.6) is 5.75 Å². The van der Waals surface area contributed by atoms with Gasteiger partial charge in [0.2, 0.25) is 0 Å². The molecule has 0 radical (unpaired) electrons. The van der Waals surface area contributed by atoms with Gasteiger partial charge in [-0.2, -0.15) is 0 Å². The van der Waals surface area contributed by atoms with Gasteiger partial charge in [-0.05, 0) is 24.3 Å². The van der Waals surface area contributed by atoms with E-state index in [0.717, 1.165) is 11.3 Å². The zero-order valence-corrected chi connectivity index (χ0v) is 9.37. The Bertz CT molecular complexity index is 480. The number of nitrogens with two attached hydrogens (primary N) is 1. The Balaban J connectivity index is 2.12. The molecule has 1 aromatic heterocycles. The van der Waals surface area contributed by atoms with Gasteiger partial charge in [-0.15, -0.1) is 0 Å². The Morgan fingerprint density at radius 2 is 2.06 bits per heavy atom. The van der Waals surface area contributed by atoms with Crippen molar-refractivity contribution in [3.8, 4) is 5.75 Å². The summed E-state index contributed by atoms with van der Waals surface area (Å²) < 4.78 is 10.7. The standard InChI is InChI=1S/C12H11NO2S/c13-12(16)10-5-1-2-6-11(10)15-8-9-4-3-7-14-9/h1-7H,8H2,(H2,13,16). The zero-order valence-electron chi connectivity index (χ0n) is 8.55.